The molecular formula is C13H15F3N2OS. The van der Waals surface area contributed by atoms with Crippen LogP contribution in [0.4, 0.5) is 18.9 Å². The Labute approximate surface area is 119 Å². The third-order valence-corrected chi connectivity index (χ3v) is 4.29. The number of para-hydroxylation sites is 1. The van der Waals surface area contributed by atoms with Crippen LogP contribution in [0.3, 0.4) is 0 Å². The number of rotatable bonds is 3. The number of carbonyl (C=O) groups excluding carboxylic acids is 1. The van der Waals surface area contributed by atoms with E-state index >= 15 is 0 Å². The summed E-state index contributed by atoms with van der Waals surface area (Å²) in [6.45, 7) is 0. The standard InChI is InChI=1S/C13H15F3N2OS/c1-17-11-9(3-2-4-10(11)13(14,15)16)12(19)18-8-5-6-20-7-8/h2-4,8,17H,5-7H2,1H3,(H,18,19). The molecule has 0 aromatic heterocycles. The Morgan fingerprint density at radius 1 is 1.40 bits per heavy atom. The minimum Gasteiger partial charge on any atom is -0.387 e. The largest absolute Gasteiger partial charge is 0.418 e. The monoisotopic (exact) mass is 304 g/mol. The Morgan fingerprint density at radius 3 is 2.70 bits per heavy atom. The van der Waals surface area contributed by atoms with Gasteiger partial charge >= 0.3 is 6.18 Å². The number of benzene rings is 1. The minimum atomic E-state index is -4.49. The molecular weight excluding hydrogens is 289 g/mol. The molecule has 3 nitrogen and oxygen atoms in total. The van der Waals surface area contributed by atoms with E-state index in [1.54, 1.807) is 11.8 Å². The van der Waals surface area contributed by atoms with Crippen molar-refractivity contribution in [3.05, 3.63) is 29.3 Å². The van der Waals surface area contributed by atoms with E-state index in [0.29, 0.717) is 0 Å². The maximum atomic E-state index is 12.9. The van der Waals surface area contributed by atoms with Crippen LogP contribution >= 0.6 is 11.8 Å². The van der Waals surface area contributed by atoms with Crippen LogP contribution in [0.2, 0.25) is 0 Å². The number of hydrogen-bond donors (Lipinski definition) is 2. The Bertz CT molecular complexity index is 499. The van der Waals surface area contributed by atoms with Crippen LogP contribution in [-0.2, 0) is 6.18 Å². The van der Waals surface area contributed by atoms with Gasteiger partial charge in [0.2, 0.25) is 0 Å². The second-order valence-electron chi connectivity index (χ2n) is 4.51. The molecule has 0 radical (unpaired) electrons. The summed E-state index contributed by atoms with van der Waals surface area (Å²) in [6.07, 6.45) is -3.64. The second-order valence-corrected chi connectivity index (χ2v) is 5.66. The number of alkyl halides is 3. The van der Waals surface area contributed by atoms with Gasteiger partial charge in [-0.25, -0.2) is 0 Å². The fourth-order valence-electron chi connectivity index (χ4n) is 2.16. The zero-order valence-electron chi connectivity index (χ0n) is 10.9. The molecule has 20 heavy (non-hydrogen) atoms. The first-order valence-corrected chi connectivity index (χ1v) is 7.35. The molecule has 2 N–H and O–H groups in total. The van der Waals surface area contributed by atoms with Crippen molar-refractivity contribution in [3.8, 4) is 0 Å². The van der Waals surface area contributed by atoms with Gasteiger partial charge in [0.05, 0.1) is 16.8 Å². The zero-order valence-corrected chi connectivity index (χ0v) is 11.7. The van der Waals surface area contributed by atoms with E-state index in [9.17, 15) is 18.0 Å². The summed E-state index contributed by atoms with van der Waals surface area (Å²) < 4.78 is 38.7. The van der Waals surface area contributed by atoms with Crippen LogP contribution in [0.25, 0.3) is 0 Å². The third-order valence-electron chi connectivity index (χ3n) is 3.13. The normalized spacial score (nSPS) is 18.9. The lowest BCUT2D eigenvalue weighted by atomic mass is 10.1. The summed E-state index contributed by atoms with van der Waals surface area (Å²) in [6, 6.07) is 3.65. The number of hydrogen-bond acceptors (Lipinski definition) is 3. The Kier molecular flexibility index (Phi) is 4.47. The van der Waals surface area contributed by atoms with Crippen LogP contribution in [-0.4, -0.2) is 30.5 Å². The van der Waals surface area contributed by atoms with E-state index < -0.39 is 17.6 Å². The lowest BCUT2D eigenvalue weighted by molar-refractivity contribution is -0.136. The number of amides is 1. The number of carbonyl (C=O) groups is 1. The SMILES string of the molecule is CNc1c(C(=O)NC2CCSC2)cccc1C(F)(F)F. The van der Waals surface area contributed by atoms with Crippen LogP contribution < -0.4 is 10.6 Å². The number of anilines is 1. The van der Waals surface area contributed by atoms with Gasteiger partial charge in [0.25, 0.3) is 5.91 Å². The van der Waals surface area contributed by atoms with E-state index in [4.69, 9.17) is 0 Å². The molecule has 1 aromatic rings. The molecule has 1 aliphatic heterocycles. The first-order valence-electron chi connectivity index (χ1n) is 6.20. The van der Waals surface area contributed by atoms with E-state index in [1.165, 1.54) is 19.2 Å². The van der Waals surface area contributed by atoms with Crippen molar-refractivity contribution >= 4 is 23.4 Å². The average molecular weight is 304 g/mol. The van der Waals surface area contributed by atoms with Crippen LogP contribution in [0.5, 0.6) is 0 Å². The fourth-order valence-corrected chi connectivity index (χ4v) is 3.31. The molecule has 7 heteroatoms. The summed E-state index contributed by atoms with van der Waals surface area (Å²) >= 11 is 1.73. The van der Waals surface area contributed by atoms with Crippen molar-refractivity contribution in [1.29, 1.82) is 0 Å². The molecule has 2 rings (SSSR count). The summed E-state index contributed by atoms with van der Waals surface area (Å²) in [5.41, 5.74) is -0.976. The highest BCUT2D eigenvalue weighted by molar-refractivity contribution is 7.99. The molecule has 1 atom stereocenters. The van der Waals surface area contributed by atoms with Gasteiger partial charge in [0, 0.05) is 18.8 Å². The lowest BCUT2D eigenvalue weighted by Crippen LogP contribution is -2.35. The molecule has 0 bridgehead atoms. The minimum absolute atomic E-state index is 0.0271. The number of thioether (sulfide) groups is 1. The first kappa shape index (κ1) is 15.0. The van der Waals surface area contributed by atoms with Crippen LogP contribution in [0, 0.1) is 0 Å². The average Bonchev–Trinajstić information content (AvgIpc) is 2.89. The van der Waals surface area contributed by atoms with Crippen molar-refractivity contribution in [1.82, 2.24) is 5.32 Å². The molecule has 1 saturated heterocycles. The van der Waals surface area contributed by atoms with Gasteiger partial charge in [-0.1, -0.05) is 6.07 Å². The lowest BCUT2D eigenvalue weighted by Gasteiger charge is -2.17. The highest BCUT2D eigenvalue weighted by Crippen LogP contribution is 2.36. The Morgan fingerprint density at radius 2 is 2.15 bits per heavy atom. The summed E-state index contributed by atoms with van der Waals surface area (Å²) in [5, 5.41) is 5.27. The van der Waals surface area contributed by atoms with Crippen molar-refractivity contribution in [3.63, 3.8) is 0 Å². The number of halogens is 3. The van der Waals surface area contributed by atoms with E-state index in [2.05, 4.69) is 10.6 Å². The van der Waals surface area contributed by atoms with E-state index in [-0.39, 0.29) is 17.3 Å². The van der Waals surface area contributed by atoms with Crippen molar-refractivity contribution in [2.75, 3.05) is 23.9 Å². The molecule has 1 fully saturated rings. The van der Waals surface area contributed by atoms with Crippen molar-refractivity contribution in [2.24, 2.45) is 0 Å². The quantitative estimate of drug-likeness (QED) is 0.902. The molecule has 0 spiro atoms. The second kappa shape index (κ2) is 5.95. The maximum absolute atomic E-state index is 12.9. The summed E-state index contributed by atoms with van der Waals surface area (Å²) in [7, 11) is 1.38. The molecule has 1 unspecified atom stereocenters. The van der Waals surface area contributed by atoms with E-state index in [0.717, 1.165) is 24.0 Å². The molecule has 110 valence electrons. The van der Waals surface area contributed by atoms with Gasteiger partial charge in [-0.2, -0.15) is 24.9 Å². The van der Waals surface area contributed by atoms with Crippen molar-refractivity contribution in [2.45, 2.75) is 18.6 Å². The summed E-state index contributed by atoms with van der Waals surface area (Å²) in [5.74, 6) is 1.30. The smallest absolute Gasteiger partial charge is 0.387 e. The third kappa shape index (κ3) is 3.20. The molecule has 1 aliphatic rings. The Hall–Kier alpha value is -1.37. The van der Waals surface area contributed by atoms with Crippen molar-refractivity contribution < 1.29 is 18.0 Å². The number of nitrogens with one attached hydrogen (secondary N) is 2. The van der Waals surface area contributed by atoms with E-state index in [1.807, 2.05) is 0 Å². The fraction of sp³-hybridized carbons (Fsp3) is 0.462. The summed E-state index contributed by atoms with van der Waals surface area (Å²) in [4.78, 5) is 12.1. The zero-order chi connectivity index (χ0) is 14.8. The van der Waals surface area contributed by atoms with Gasteiger partial charge in [0.15, 0.2) is 0 Å². The molecule has 1 heterocycles. The van der Waals surface area contributed by atoms with Gasteiger partial charge in [-0.3, -0.25) is 4.79 Å². The molecule has 0 saturated carbocycles. The predicted octanol–water partition coefficient (Wildman–Crippen LogP) is 2.98. The predicted molar refractivity (Wildman–Crippen MR) is 74.2 cm³/mol. The van der Waals surface area contributed by atoms with Gasteiger partial charge in [-0.05, 0) is 24.3 Å². The van der Waals surface area contributed by atoms with Gasteiger partial charge in [-0.15, -0.1) is 0 Å². The molecule has 0 aliphatic carbocycles. The van der Waals surface area contributed by atoms with Gasteiger partial charge < -0.3 is 10.6 Å². The van der Waals surface area contributed by atoms with Gasteiger partial charge in [0.1, 0.15) is 0 Å². The van der Waals surface area contributed by atoms with Crippen LogP contribution in [0.1, 0.15) is 22.3 Å². The first-order chi connectivity index (χ1) is 9.43. The highest BCUT2D eigenvalue weighted by atomic mass is 32.2. The Balaban J connectivity index is 2.28. The topological polar surface area (TPSA) is 41.1 Å². The maximum Gasteiger partial charge on any atom is 0.418 e. The molecule has 1 aromatic carbocycles. The molecule has 1 amide bonds. The highest BCUT2D eigenvalue weighted by Gasteiger charge is 2.35. The van der Waals surface area contributed by atoms with Crippen LogP contribution in [0.15, 0.2) is 18.2 Å².